The van der Waals surface area contributed by atoms with E-state index in [1.165, 1.54) is 59.9 Å². The minimum absolute atomic E-state index is 0.140. The van der Waals surface area contributed by atoms with Crippen LogP contribution in [0.1, 0.15) is 62.6 Å². The fourth-order valence-corrected chi connectivity index (χ4v) is 5.85. The molecule has 1 fully saturated rings. The van der Waals surface area contributed by atoms with Gasteiger partial charge < -0.3 is 5.11 Å². The molecule has 1 spiro atoms. The lowest BCUT2D eigenvalue weighted by molar-refractivity contribution is 0.0792. The largest absolute Gasteiger partial charge is 0.386 e. The Morgan fingerprint density at radius 2 is 1.48 bits per heavy atom. The van der Waals surface area contributed by atoms with Crippen molar-refractivity contribution in [1.82, 2.24) is 0 Å². The molecule has 1 N–H and O–H groups in total. The molecule has 0 aliphatic heterocycles. The Kier molecular flexibility index (Phi) is 4.38. The molecule has 0 atom stereocenters. The third kappa shape index (κ3) is 2.86. The highest BCUT2D eigenvalue weighted by molar-refractivity contribution is 6.30. The number of halogens is 1. The van der Waals surface area contributed by atoms with Gasteiger partial charge in [0, 0.05) is 10.4 Å². The second kappa shape index (κ2) is 6.72. The highest BCUT2D eigenvalue weighted by Crippen LogP contribution is 2.58. The first-order chi connectivity index (χ1) is 13.9. The zero-order valence-corrected chi connectivity index (χ0v) is 17.9. The van der Waals surface area contributed by atoms with Gasteiger partial charge in [0.15, 0.2) is 0 Å². The predicted molar refractivity (Wildman–Crippen MR) is 121 cm³/mol. The van der Waals surface area contributed by atoms with Crippen LogP contribution in [0.2, 0.25) is 5.02 Å². The molecule has 29 heavy (non-hydrogen) atoms. The smallest absolute Gasteiger partial charge is 0.0847 e. The topological polar surface area (TPSA) is 20.2 Å². The van der Waals surface area contributed by atoms with E-state index in [2.05, 4.69) is 48.5 Å². The summed E-state index contributed by atoms with van der Waals surface area (Å²) in [6.45, 7) is 3.67. The Balaban J connectivity index is 1.82. The molecule has 0 unspecified atom stereocenters. The molecule has 2 aliphatic carbocycles. The van der Waals surface area contributed by atoms with E-state index >= 15 is 0 Å². The van der Waals surface area contributed by atoms with Crippen LogP contribution in [0, 0.1) is 0 Å². The average molecular weight is 403 g/mol. The van der Waals surface area contributed by atoms with Crippen LogP contribution in [0.3, 0.4) is 0 Å². The second-order valence-corrected chi connectivity index (χ2v) is 9.60. The summed E-state index contributed by atoms with van der Waals surface area (Å²) in [5.41, 5.74) is 7.97. The highest BCUT2D eigenvalue weighted by atomic mass is 35.5. The Morgan fingerprint density at radius 1 is 0.793 bits per heavy atom. The summed E-state index contributed by atoms with van der Waals surface area (Å²) in [6.07, 6.45) is 6.35. The van der Waals surface area contributed by atoms with Crippen LogP contribution in [0.5, 0.6) is 0 Å². The predicted octanol–water partition coefficient (Wildman–Crippen LogP) is 7.47. The van der Waals surface area contributed by atoms with Crippen LogP contribution in [-0.4, -0.2) is 5.11 Å². The van der Waals surface area contributed by atoms with Crippen LogP contribution in [0.15, 0.2) is 60.7 Å². The van der Waals surface area contributed by atoms with Gasteiger partial charge in [0.2, 0.25) is 0 Å². The normalized spacial score (nSPS) is 17.2. The lowest BCUT2D eigenvalue weighted by Crippen LogP contribution is -2.28. The van der Waals surface area contributed by atoms with Crippen LogP contribution < -0.4 is 0 Å². The van der Waals surface area contributed by atoms with E-state index in [1.807, 2.05) is 26.0 Å². The molecule has 1 saturated carbocycles. The van der Waals surface area contributed by atoms with Gasteiger partial charge in [-0.3, -0.25) is 0 Å². The maximum absolute atomic E-state index is 10.9. The molecular weight excluding hydrogens is 376 g/mol. The molecule has 0 heterocycles. The quantitative estimate of drug-likeness (QED) is 0.471. The summed E-state index contributed by atoms with van der Waals surface area (Å²) in [4.78, 5) is 0. The van der Waals surface area contributed by atoms with E-state index in [-0.39, 0.29) is 5.41 Å². The van der Waals surface area contributed by atoms with Crippen LogP contribution >= 0.6 is 11.6 Å². The van der Waals surface area contributed by atoms with Gasteiger partial charge in [-0.05, 0) is 77.8 Å². The van der Waals surface area contributed by atoms with E-state index in [0.717, 1.165) is 11.1 Å². The highest BCUT2D eigenvalue weighted by Gasteiger charge is 2.44. The van der Waals surface area contributed by atoms with Crippen molar-refractivity contribution in [3.05, 3.63) is 82.4 Å². The number of hydrogen-bond donors (Lipinski definition) is 1. The van der Waals surface area contributed by atoms with E-state index in [0.29, 0.717) is 5.02 Å². The molecule has 2 aliphatic rings. The Hall–Kier alpha value is -2.09. The summed E-state index contributed by atoms with van der Waals surface area (Å²) < 4.78 is 0. The van der Waals surface area contributed by atoms with Crippen LogP contribution in [0.25, 0.3) is 22.3 Å². The standard InChI is InChI=1S/C27H27ClO/c1-26(2,29)24-17-18(28)13-14-19(24)20-10-8-12-23-25(20)21-9-4-5-11-22(21)27(23)15-6-3-7-16-27/h4-5,8-14,17,29H,3,6-7,15-16H2,1-2H3. The first-order valence-corrected chi connectivity index (χ1v) is 11.1. The molecule has 5 rings (SSSR count). The molecule has 0 radical (unpaired) electrons. The van der Waals surface area contributed by atoms with E-state index in [4.69, 9.17) is 11.6 Å². The molecule has 0 bridgehead atoms. The Bertz CT molecular complexity index is 1080. The van der Waals surface area contributed by atoms with Crippen molar-refractivity contribution in [3.8, 4) is 22.3 Å². The van der Waals surface area contributed by atoms with Gasteiger partial charge in [0.25, 0.3) is 0 Å². The molecule has 3 aromatic rings. The fraction of sp³-hybridized carbons (Fsp3) is 0.333. The van der Waals surface area contributed by atoms with Crippen molar-refractivity contribution in [1.29, 1.82) is 0 Å². The molecule has 148 valence electrons. The summed E-state index contributed by atoms with van der Waals surface area (Å²) in [5.74, 6) is 0. The first-order valence-electron chi connectivity index (χ1n) is 10.7. The molecule has 0 amide bonds. The van der Waals surface area contributed by atoms with Crippen molar-refractivity contribution in [2.75, 3.05) is 0 Å². The third-order valence-electron chi connectivity index (χ3n) is 6.93. The summed E-state index contributed by atoms with van der Waals surface area (Å²) in [7, 11) is 0. The van der Waals surface area contributed by atoms with E-state index in [9.17, 15) is 5.11 Å². The van der Waals surface area contributed by atoms with Crippen molar-refractivity contribution in [3.63, 3.8) is 0 Å². The van der Waals surface area contributed by atoms with Crippen LogP contribution in [-0.2, 0) is 11.0 Å². The number of fused-ring (bicyclic) bond motifs is 5. The molecule has 0 saturated heterocycles. The zero-order chi connectivity index (χ0) is 20.2. The number of benzene rings is 3. The minimum Gasteiger partial charge on any atom is -0.386 e. The van der Waals surface area contributed by atoms with Gasteiger partial charge in [-0.1, -0.05) is 79.4 Å². The van der Waals surface area contributed by atoms with Gasteiger partial charge in [-0.2, -0.15) is 0 Å². The van der Waals surface area contributed by atoms with Crippen molar-refractivity contribution in [2.24, 2.45) is 0 Å². The lowest BCUT2D eigenvalue weighted by Gasteiger charge is -2.36. The van der Waals surface area contributed by atoms with Crippen molar-refractivity contribution >= 4 is 11.6 Å². The molecular formula is C27H27ClO. The van der Waals surface area contributed by atoms with E-state index in [1.54, 1.807) is 0 Å². The maximum atomic E-state index is 10.9. The van der Waals surface area contributed by atoms with Crippen molar-refractivity contribution in [2.45, 2.75) is 57.0 Å². The Morgan fingerprint density at radius 3 is 2.24 bits per heavy atom. The monoisotopic (exact) mass is 402 g/mol. The van der Waals surface area contributed by atoms with Crippen molar-refractivity contribution < 1.29 is 5.11 Å². The number of aliphatic hydroxyl groups is 1. The fourth-order valence-electron chi connectivity index (χ4n) is 5.68. The minimum atomic E-state index is -0.969. The second-order valence-electron chi connectivity index (χ2n) is 9.17. The van der Waals surface area contributed by atoms with E-state index < -0.39 is 5.60 Å². The number of hydrogen-bond acceptors (Lipinski definition) is 1. The van der Waals surface area contributed by atoms with Gasteiger partial charge >= 0.3 is 0 Å². The summed E-state index contributed by atoms with van der Waals surface area (Å²) in [5, 5.41) is 11.5. The van der Waals surface area contributed by atoms with Gasteiger partial charge in [0.1, 0.15) is 0 Å². The average Bonchev–Trinajstić information content (AvgIpc) is 2.98. The summed E-state index contributed by atoms with van der Waals surface area (Å²) in [6, 6.07) is 21.6. The van der Waals surface area contributed by atoms with Gasteiger partial charge in [-0.15, -0.1) is 0 Å². The Labute approximate surface area is 178 Å². The lowest BCUT2D eigenvalue weighted by atomic mass is 9.67. The summed E-state index contributed by atoms with van der Waals surface area (Å²) >= 11 is 6.31. The zero-order valence-electron chi connectivity index (χ0n) is 17.1. The third-order valence-corrected chi connectivity index (χ3v) is 7.17. The SMILES string of the molecule is CC(C)(O)c1cc(Cl)ccc1-c1cccc2c1-c1ccccc1C21CCCCC1. The molecule has 1 nitrogen and oxygen atoms in total. The molecule has 2 heteroatoms. The molecule has 3 aromatic carbocycles. The maximum Gasteiger partial charge on any atom is 0.0847 e. The van der Waals surface area contributed by atoms with Gasteiger partial charge in [0.05, 0.1) is 5.60 Å². The van der Waals surface area contributed by atoms with Crippen LogP contribution in [0.4, 0.5) is 0 Å². The number of rotatable bonds is 2. The first kappa shape index (κ1) is 18.9. The molecule has 0 aromatic heterocycles. The van der Waals surface area contributed by atoms with Gasteiger partial charge in [-0.25, -0.2) is 0 Å².